The number of hydrogen-bond donors (Lipinski definition) is 1. The van der Waals surface area contributed by atoms with Crippen LogP contribution in [0.5, 0.6) is 0 Å². The number of hydrogen-bond acceptors (Lipinski definition) is 1. The molecule has 0 heterocycles. The average Bonchev–Trinajstić information content (AvgIpc) is 2.89. The van der Waals surface area contributed by atoms with Crippen LogP contribution in [0, 0.1) is 0 Å². The monoisotopic (exact) mass is 421 g/mol. The SMILES string of the molecule is c1ccc(-c2cc(-c3ccc(Nc4cccc5ccccc45)cc3)c3ccccc3c2)cc1. The van der Waals surface area contributed by atoms with Crippen molar-refractivity contribution in [2.24, 2.45) is 0 Å². The predicted octanol–water partition coefficient (Wildman–Crippen LogP) is 9.07. The van der Waals surface area contributed by atoms with E-state index in [0.717, 1.165) is 11.4 Å². The second kappa shape index (κ2) is 8.29. The largest absolute Gasteiger partial charge is 0.355 e. The average molecular weight is 422 g/mol. The molecule has 0 saturated carbocycles. The van der Waals surface area contributed by atoms with Crippen molar-refractivity contribution in [3.8, 4) is 22.3 Å². The zero-order chi connectivity index (χ0) is 22.0. The van der Waals surface area contributed by atoms with Crippen LogP contribution in [-0.4, -0.2) is 0 Å². The van der Waals surface area contributed by atoms with Crippen molar-refractivity contribution in [1.29, 1.82) is 0 Å². The van der Waals surface area contributed by atoms with Gasteiger partial charge < -0.3 is 5.32 Å². The molecule has 6 rings (SSSR count). The smallest absolute Gasteiger partial charge is 0.0463 e. The van der Waals surface area contributed by atoms with E-state index in [1.807, 2.05) is 0 Å². The van der Waals surface area contributed by atoms with Crippen LogP contribution >= 0.6 is 0 Å². The summed E-state index contributed by atoms with van der Waals surface area (Å²) in [5, 5.41) is 8.59. The maximum atomic E-state index is 3.60. The summed E-state index contributed by atoms with van der Waals surface area (Å²) in [4.78, 5) is 0. The van der Waals surface area contributed by atoms with Gasteiger partial charge >= 0.3 is 0 Å². The van der Waals surface area contributed by atoms with Crippen molar-refractivity contribution < 1.29 is 0 Å². The molecule has 0 amide bonds. The molecule has 0 aliphatic rings. The minimum atomic E-state index is 1.08. The van der Waals surface area contributed by atoms with E-state index in [-0.39, 0.29) is 0 Å². The number of rotatable bonds is 4. The quantitative estimate of drug-likeness (QED) is 0.299. The van der Waals surface area contributed by atoms with Crippen molar-refractivity contribution in [1.82, 2.24) is 0 Å². The third kappa shape index (κ3) is 3.75. The van der Waals surface area contributed by atoms with E-state index < -0.39 is 0 Å². The number of benzene rings is 6. The van der Waals surface area contributed by atoms with E-state index in [4.69, 9.17) is 0 Å². The van der Waals surface area contributed by atoms with Gasteiger partial charge in [0.1, 0.15) is 0 Å². The lowest BCUT2D eigenvalue weighted by Crippen LogP contribution is -1.92. The lowest BCUT2D eigenvalue weighted by molar-refractivity contribution is 1.56. The highest BCUT2D eigenvalue weighted by Crippen LogP contribution is 2.35. The van der Waals surface area contributed by atoms with Crippen molar-refractivity contribution in [3.05, 3.63) is 133 Å². The van der Waals surface area contributed by atoms with Gasteiger partial charge in [0.15, 0.2) is 0 Å². The van der Waals surface area contributed by atoms with Crippen LogP contribution in [0.2, 0.25) is 0 Å². The van der Waals surface area contributed by atoms with Crippen molar-refractivity contribution in [3.63, 3.8) is 0 Å². The Morgan fingerprint density at radius 1 is 0.394 bits per heavy atom. The molecule has 0 atom stereocenters. The highest BCUT2D eigenvalue weighted by atomic mass is 14.9. The van der Waals surface area contributed by atoms with Crippen molar-refractivity contribution in [2.45, 2.75) is 0 Å². The Bertz CT molecular complexity index is 1560. The molecule has 0 bridgehead atoms. The molecule has 0 spiro atoms. The number of nitrogens with one attached hydrogen (secondary N) is 1. The molecule has 0 aliphatic carbocycles. The van der Waals surface area contributed by atoms with E-state index in [2.05, 4.69) is 139 Å². The van der Waals surface area contributed by atoms with Crippen LogP contribution in [0.1, 0.15) is 0 Å². The molecule has 0 aliphatic heterocycles. The van der Waals surface area contributed by atoms with Gasteiger partial charge in [-0.3, -0.25) is 0 Å². The summed E-state index contributed by atoms with van der Waals surface area (Å²) in [7, 11) is 0. The van der Waals surface area contributed by atoms with Gasteiger partial charge in [0.05, 0.1) is 0 Å². The second-order valence-electron chi connectivity index (χ2n) is 8.34. The molecule has 1 nitrogen and oxygen atoms in total. The van der Waals surface area contributed by atoms with E-state index in [0.29, 0.717) is 0 Å². The Morgan fingerprint density at radius 2 is 1.06 bits per heavy atom. The van der Waals surface area contributed by atoms with Gasteiger partial charge in [0, 0.05) is 16.8 Å². The summed E-state index contributed by atoms with van der Waals surface area (Å²) < 4.78 is 0. The molecule has 0 aromatic heterocycles. The minimum Gasteiger partial charge on any atom is -0.355 e. The molecular formula is C32H23N. The third-order valence-corrected chi connectivity index (χ3v) is 6.23. The lowest BCUT2D eigenvalue weighted by atomic mass is 9.93. The summed E-state index contributed by atoms with van der Waals surface area (Å²) in [5.41, 5.74) is 7.15. The van der Waals surface area contributed by atoms with E-state index in [9.17, 15) is 0 Å². The first-order chi connectivity index (χ1) is 16.3. The molecule has 33 heavy (non-hydrogen) atoms. The van der Waals surface area contributed by atoms with Gasteiger partial charge in [0.2, 0.25) is 0 Å². The molecule has 1 heteroatoms. The zero-order valence-electron chi connectivity index (χ0n) is 18.2. The fourth-order valence-corrected chi connectivity index (χ4v) is 4.57. The zero-order valence-corrected chi connectivity index (χ0v) is 18.2. The fraction of sp³-hybridized carbons (Fsp3) is 0. The number of anilines is 2. The molecule has 1 N–H and O–H groups in total. The summed E-state index contributed by atoms with van der Waals surface area (Å²) in [6, 6.07) is 47.4. The third-order valence-electron chi connectivity index (χ3n) is 6.23. The molecule has 6 aromatic rings. The Kier molecular flexibility index (Phi) is 4.86. The minimum absolute atomic E-state index is 1.08. The Hall–Kier alpha value is -4.36. The first kappa shape index (κ1) is 19.3. The molecule has 0 saturated heterocycles. The summed E-state index contributed by atoms with van der Waals surface area (Å²) in [6.07, 6.45) is 0. The highest BCUT2D eigenvalue weighted by molar-refractivity contribution is 6.00. The molecule has 156 valence electrons. The normalized spacial score (nSPS) is 11.0. The van der Waals surface area contributed by atoms with Crippen molar-refractivity contribution >= 4 is 32.9 Å². The highest BCUT2D eigenvalue weighted by Gasteiger charge is 2.09. The fourth-order valence-electron chi connectivity index (χ4n) is 4.57. The van der Waals surface area contributed by atoms with Crippen LogP contribution in [0.4, 0.5) is 11.4 Å². The Labute approximate surface area is 194 Å². The molecular weight excluding hydrogens is 398 g/mol. The van der Waals surface area contributed by atoms with Gasteiger partial charge in [-0.2, -0.15) is 0 Å². The topological polar surface area (TPSA) is 12.0 Å². The van der Waals surface area contributed by atoms with Crippen LogP contribution < -0.4 is 5.32 Å². The van der Waals surface area contributed by atoms with Gasteiger partial charge in [-0.15, -0.1) is 0 Å². The summed E-state index contributed by atoms with van der Waals surface area (Å²) >= 11 is 0. The maximum Gasteiger partial charge on any atom is 0.0463 e. The van der Waals surface area contributed by atoms with E-state index >= 15 is 0 Å². The summed E-state index contributed by atoms with van der Waals surface area (Å²) in [6.45, 7) is 0. The van der Waals surface area contributed by atoms with Gasteiger partial charge in [-0.1, -0.05) is 103 Å². The Morgan fingerprint density at radius 3 is 1.88 bits per heavy atom. The molecule has 0 radical (unpaired) electrons. The van der Waals surface area contributed by atoms with Crippen LogP contribution in [0.25, 0.3) is 43.8 Å². The standard InChI is InChI=1S/C32H23N/c1-2-9-23(10-3-1)27-21-26-12-5-6-14-29(26)31(22-27)25-17-19-28(20-18-25)33-32-16-8-13-24-11-4-7-15-30(24)32/h1-22,33H. The first-order valence-electron chi connectivity index (χ1n) is 11.3. The molecule has 6 aromatic carbocycles. The van der Waals surface area contributed by atoms with Crippen LogP contribution in [0.15, 0.2) is 133 Å². The van der Waals surface area contributed by atoms with E-state index in [1.165, 1.54) is 43.8 Å². The lowest BCUT2D eigenvalue weighted by Gasteiger charge is -2.13. The van der Waals surface area contributed by atoms with Crippen molar-refractivity contribution in [2.75, 3.05) is 5.32 Å². The van der Waals surface area contributed by atoms with Gasteiger partial charge in [-0.25, -0.2) is 0 Å². The second-order valence-corrected chi connectivity index (χ2v) is 8.34. The van der Waals surface area contributed by atoms with Crippen LogP contribution in [-0.2, 0) is 0 Å². The predicted molar refractivity (Wildman–Crippen MR) is 142 cm³/mol. The van der Waals surface area contributed by atoms with Gasteiger partial charge in [-0.05, 0) is 68.7 Å². The first-order valence-corrected chi connectivity index (χ1v) is 11.3. The summed E-state index contributed by atoms with van der Waals surface area (Å²) in [5.74, 6) is 0. The molecule has 0 fully saturated rings. The maximum absolute atomic E-state index is 3.60. The Balaban J connectivity index is 1.40. The number of fused-ring (bicyclic) bond motifs is 2. The molecule has 0 unspecified atom stereocenters. The van der Waals surface area contributed by atoms with E-state index in [1.54, 1.807) is 0 Å². The van der Waals surface area contributed by atoms with Gasteiger partial charge in [0.25, 0.3) is 0 Å². The van der Waals surface area contributed by atoms with Crippen LogP contribution in [0.3, 0.4) is 0 Å².